The molecule has 0 fully saturated rings. The summed E-state index contributed by atoms with van der Waals surface area (Å²) in [5.41, 5.74) is 2.44. The van der Waals surface area contributed by atoms with Gasteiger partial charge in [-0.05, 0) is 32.3 Å². The zero-order valence-corrected chi connectivity index (χ0v) is 9.62. The molecule has 1 aromatic rings. The number of hydrogen-bond acceptors (Lipinski definition) is 2. The fraction of sp³-hybridized carbons (Fsp3) is 0.545. The fourth-order valence-corrected chi connectivity index (χ4v) is 3.00. The molecule has 0 saturated heterocycles. The van der Waals surface area contributed by atoms with Crippen LogP contribution in [0.4, 0.5) is 5.69 Å². The zero-order chi connectivity index (χ0) is 10.3. The first kappa shape index (κ1) is 9.71. The maximum absolute atomic E-state index is 11.6. The summed E-state index contributed by atoms with van der Waals surface area (Å²) in [5, 5.41) is 3.03. The summed E-state index contributed by atoms with van der Waals surface area (Å²) in [7, 11) is 0. The third kappa shape index (κ3) is 1.46. The van der Waals surface area contributed by atoms with E-state index in [-0.39, 0.29) is 11.8 Å². The molecule has 1 aromatic heterocycles. The molecule has 3 heteroatoms. The van der Waals surface area contributed by atoms with Gasteiger partial charge in [-0.2, -0.15) is 0 Å². The van der Waals surface area contributed by atoms with E-state index in [4.69, 9.17) is 0 Å². The Labute approximate surface area is 88.3 Å². The SMILES string of the molecule is Cc1sc(C)c2c1CCC(C)C(=O)N2. The van der Waals surface area contributed by atoms with E-state index >= 15 is 0 Å². The van der Waals surface area contributed by atoms with Crippen LogP contribution in [-0.2, 0) is 11.2 Å². The molecule has 1 unspecified atom stereocenters. The molecular weight excluding hydrogens is 194 g/mol. The molecule has 0 aliphatic carbocycles. The van der Waals surface area contributed by atoms with E-state index in [1.165, 1.54) is 15.3 Å². The molecule has 1 amide bonds. The number of hydrogen-bond donors (Lipinski definition) is 1. The highest BCUT2D eigenvalue weighted by atomic mass is 32.1. The number of carbonyl (C=O) groups is 1. The van der Waals surface area contributed by atoms with E-state index in [0.29, 0.717) is 0 Å². The third-order valence-electron chi connectivity index (χ3n) is 2.91. The summed E-state index contributed by atoms with van der Waals surface area (Å²) in [5.74, 6) is 0.316. The Hall–Kier alpha value is -0.830. The number of rotatable bonds is 0. The van der Waals surface area contributed by atoms with Gasteiger partial charge in [-0.1, -0.05) is 6.92 Å². The third-order valence-corrected chi connectivity index (χ3v) is 3.97. The minimum atomic E-state index is 0.145. The van der Waals surface area contributed by atoms with E-state index in [1.54, 1.807) is 11.3 Å². The summed E-state index contributed by atoms with van der Waals surface area (Å²) in [6, 6.07) is 0. The second kappa shape index (κ2) is 3.39. The van der Waals surface area contributed by atoms with Crippen molar-refractivity contribution in [1.82, 2.24) is 0 Å². The van der Waals surface area contributed by atoms with Crippen LogP contribution in [0, 0.1) is 19.8 Å². The van der Waals surface area contributed by atoms with Crippen LogP contribution in [0.25, 0.3) is 0 Å². The van der Waals surface area contributed by atoms with Crippen LogP contribution >= 0.6 is 11.3 Å². The number of thiophene rings is 1. The number of amides is 1. The molecule has 2 rings (SSSR count). The summed E-state index contributed by atoms with van der Waals surface area (Å²) in [4.78, 5) is 14.2. The van der Waals surface area contributed by atoms with Crippen molar-refractivity contribution in [2.75, 3.05) is 5.32 Å². The first-order valence-corrected chi connectivity index (χ1v) is 5.81. The van der Waals surface area contributed by atoms with Gasteiger partial charge in [0.15, 0.2) is 0 Å². The van der Waals surface area contributed by atoms with Crippen LogP contribution in [0.2, 0.25) is 0 Å². The molecule has 1 N–H and O–H groups in total. The lowest BCUT2D eigenvalue weighted by atomic mass is 10.0. The molecule has 0 saturated carbocycles. The van der Waals surface area contributed by atoms with E-state index in [9.17, 15) is 4.79 Å². The van der Waals surface area contributed by atoms with E-state index in [1.807, 2.05) is 6.92 Å². The Morgan fingerprint density at radius 1 is 1.36 bits per heavy atom. The lowest BCUT2D eigenvalue weighted by Crippen LogP contribution is -2.18. The van der Waals surface area contributed by atoms with Gasteiger partial charge in [0, 0.05) is 15.7 Å². The summed E-state index contributed by atoms with van der Waals surface area (Å²) in [6.45, 7) is 6.21. The van der Waals surface area contributed by atoms with Gasteiger partial charge in [0.05, 0.1) is 5.69 Å². The maximum atomic E-state index is 11.6. The van der Waals surface area contributed by atoms with Crippen molar-refractivity contribution in [2.24, 2.45) is 5.92 Å². The number of anilines is 1. The molecule has 1 aliphatic rings. The number of nitrogens with one attached hydrogen (secondary N) is 1. The van der Waals surface area contributed by atoms with Crippen molar-refractivity contribution >= 4 is 22.9 Å². The Kier molecular flexibility index (Phi) is 2.35. The first-order valence-electron chi connectivity index (χ1n) is 4.99. The quantitative estimate of drug-likeness (QED) is 0.699. The molecule has 0 aromatic carbocycles. The van der Waals surface area contributed by atoms with Gasteiger partial charge in [-0.25, -0.2) is 0 Å². The Morgan fingerprint density at radius 2 is 2.07 bits per heavy atom. The van der Waals surface area contributed by atoms with E-state index < -0.39 is 0 Å². The van der Waals surface area contributed by atoms with Crippen molar-refractivity contribution in [3.05, 3.63) is 15.3 Å². The Balaban J connectivity index is 2.44. The lowest BCUT2D eigenvalue weighted by molar-refractivity contribution is -0.119. The highest BCUT2D eigenvalue weighted by Crippen LogP contribution is 2.35. The summed E-state index contributed by atoms with van der Waals surface area (Å²) < 4.78 is 0. The predicted octanol–water partition coefficient (Wildman–Crippen LogP) is 2.89. The topological polar surface area (TPSA) is 29.1 Å². The average molecular weight is 209 g/mol. The number of carbonyl (C=O) groups excluding carboxylic acids is 1. The average Bonchev–Trinajstić information content (AvgIpc) is 2.31. The van der Waals surface area contributed by atoms with Gasteiger partial charge in [0.2, 0.25) is 5.91 Å². The monoisotopic (exact) mass is 209 g/mol. The van der Waals surface area contributed by atoms with Crippen LogP contribution in [0.5, 0.6) is 0 Å². The lowest BCUT2D eigenvalue weighted by Gasteiger charge is -2.06. The number of aryl methyl sites for hydroxylation is 2. The van der Waals surface area contributed by atoms with Crippen molar-refractivity contribution in [3.8, 4) is 0 Å². The van der Waals surface area contributed by atoms with Gasteiger partial charge in [-0.15, -0.1) is 11.3 Å². The highest BCUT2D eigenvalue weighted by Gasteiger charge is 2.23. The normalized spacial score (nSPS) is 21.4. The summed E-state index contributed by atoms with van der Waals surface area (Å²) >= 11 is 1.78. The molecule has 2 nitrogen and oxygen atoms in total. The molecule has 76 valence electrons. The van der Waals surface area contributed by atoms with Crippen molar-refractivity contribution in [3.63, 3.8) is 0 Å². The van der Waals surface area contributed by atoms with Gasteiger partial charge in [-0.3, -0.25) is 4.79 Å². The molecule has 0 spiro atoms. The minimum absolute atomic E-state index is 0.145. The largest absolute Gasteiger partial charge is 0.325 e. The van der Waals surface area contributed by atoms with Crippen molar-refractivity contribution < 1.29 is 4.79 Å². The molecule has 1 aliphatic heterocycles. The standard InChI is InChI=1S/C11H15NOS/c1-6-4-5-9-7(2)14-8(3)10(9)12-11(6)13/h6H,4-5H2,1-3H3,(H,12,13). The van der Waals surface area contributed by atoms with Gasteiger partial charge in [0.1, 0.15) is 0 Å². The second-order valence-electron chi connectivity index (χ2n) is 4.00. The Bertz CT molecular complexity index is 381. The van der Waals surface area contributed by atoms with Crippen molar-refractivity contribution in [1.29, 1.82) is 0 Å². The molecule has 1 atom stereocenters. The van der Waals surface area contributed by atoms with Crippen LogP contribution in [0.15, 0.2) is 0 Å². The summed E-state index contributed by atoms with van der Waals surface area (Å²) in [6.07, 6.45) is 2.00. The smallest absolute Gasteiger partial charge is 0.227 e. The van der Waals surface area contributed by atoms with E-state index in [0.717, 1.165) is 18.5 Å². The van der Waals surface area contributed by atoms with Gasteiger partial charge >= 0.3 is 0 Å². The number of fused-ring (bicyclic) bond motifs is 1. The molecule has 14 heavy (non-hydrogen) atoms. The van der Waals surface area contributed by atoms with Crippen LogP contribution in [0.1, 0.15) is 28.7 Å². The molecule has 0 radical (unpaired) electrons. The maximum Gasteiger partial charge on any atom is 0.227 e. The predicted molar refractivity (Wildman–Crippen MR) is 59.9 cm³/mol. The minimum Gasteiger partial charge on any atom is -0.325 e. The second-order valence-corrected chi connectivity index (χ2v) is 5.43. The molecule has 0 bridgehead atoms. The van der Waals surface area contributed by atoms with E-state index in [2.05, 4.69) is 19.2 Å². The van der Waals surface area contributed by atoms with Crippen molar-refractivity contribution in [2.45, 2.75) is 33.6 Å². The first-order chi connectivity index (χ1) is 6.59. The fourth-order valence-electron chi connectivity index (χ4n) is 1.93. The highest BCUT2D eigenvalue weighted by molar-refractivity contribution is 7.12. The van der Waals surface area contributed by atoms with Gasteiger partial charge < -0.3 is 5.32 Å². The molecule has 2 heterocycles. The Morgan fingerprint density at radius 3 is 2.79 bits per heavy atom. The van der Waals surface area contributed by atoms with Gasteiger partial charge in [0.25, 0.3) is 0 Å². The van der Waals surface area contributed by atoms with Crippen LogP contribution < -0.4 is 5.32 Å². The van der Waals surface area contributed by atoms with Crippen LogP contribution in [0.3, 0.4) is 0 Å². The van der Waals surface area contributed by atoms with Crippen LogP contribution in [-0.4, -0.2) is 5.91 Å². The zero-order valence-electron chi connectivity index (χ0n) is 8.81. The molecular formula is C11H15NOS.